The molecule has 1 saturated carbocycles. The first-order chi connectivity index (χ1) is 10.0. The molecule has 3 amide bonds. The van der Waals surface area contributed by atoms with Gasteiger partial charge in [-0.3, -0.25) is 15.0 Å². The number of imide groups is 1. The number of nitrogens with two attached hydrogens (primary N) is 1. The molecule has 2 fully saturated rings. The van der Waals surface area contributed by atoms with E-state index in [1.807, 2.05) is 11.8 Å². The highest BCUT2D eigenvalue weighted by Crippen LogP contribution is 2.17. The average Bonchev–Trinajstić information content (AvgIpc) is 2.91. The van der Waals surface area contributed by atoms with Crippen molar-refractivity contribution in [2.75, 3.05) is 26.2 Å². The molecule has 1 aliphatic carbocycles. The van der Waals surface area contributed by atoms with E-state index in [4.69, 9.17) is 10.5 Å². The number of nitrogens with one attached hydrogen (secondary N) is 2. The van der Waals surface area contributed by atoms with Gasteiger partial charge in [-0.05, 0) is 19.8 Å². The van der Waals surface area contributed by atoms with Gasteiger partial charge in [0.25, 0.3) is 0 Å². The van der Waals surface area contributed by atoms with Gasteiger partial charge in [-0.25, -0.2) is 4.79 Å². The van der Waals surface area contributed by atoms with Crippen molar-refractivity contribution in [3.8, 4) is 0 Å². The van der Waals surface area contributed by atoms with Crippen molar-refractivity contribution in [1.29, 1.82) is 0 Å². The Morgan fingerprint density at radius 2 is 2.10 bits per heavy atom. The van der Waals surface area contributed by atoms with Crippen LogP contribution >= 0.6 is 0 Å². The number of urea groups is 1. The SMILES string of the molecule is CC(N)C1CN(CC(=O)NC(=O)NC2CCCC2)CCO1. The van der Waals surface area contributed by atoms with Gasteiger partial charge in [-0.2, -0.15) is 0 Å². The summed E-state index contributed by atoms with van der Waals surface area (Å²) in [7, 11) is 0. The zero-order valence-corrected chi connectivity index (χ0v) is 12.6. The molecule has 21 heavy (non-hydrogen) atoms. The van der Waals surface area contributed by atoms with E-state index >= 15 is 0 Å². The molecule has 2 aliphatic rings. The van der Waals surface area contributed by atoms with E-state index in [0.717, 1.165) is 25.7 Å². The molecule has 1 saturated heterocycles. The molecule has 0 aromatic rings. The Labute approximate surface area is 125 Å². The highest BCUT2D eigenvalue weighted by molar-refractivity contribution is 5.95. The first-order valence-corrected chi connectivity index (χ1v) is 7.74. The van der Waals surface area contributed by atoms with E-state index in [1.165, 1.54) is 0 Å². The number of nitrogens with zero attached hydrogens (tertiary/aromatic N) is 1. The largest absolute Gasteiger partial charge is 0.374 e. The van der Waals surface area contributed by atoms with Gasteiger partial charge in [-0.1, -0.05) is 12.8 Å². The van der Waals surface area contributed by atoms with Gasteiger partial charge in [0, 0.05) is 25.2 Å². The van der Waals surface area contributed by atoms with Gasteiger partial charge in [0.15, 0.2) is 0 Å². The zero-order valence-electron chi connectivity index (χ0n) is 12.6. The molecule has 1 aliphatic heterocycles. The van der Waals surface area contributed by atoms with Crippen molar-refractivity contribution in [1.82, 2.24) is 15.5 Å². The van der Waals surface area contributed by atoms with Crippen LogP contribution in [-0.4, -0.2) is 61.3 Å². The normalized spacial score (nSPS) is 25.5. The number of rotatable bonds is 4. The van der Waals surface area contributed by atoms with Crippen molar-refractivity contribution in [2.24, 2.45) is 5.73 Å². The van der Waals surface area contributed by atoms with E-state index in [0.29, 0.717) is 19.7 Å². The number of ether oxygens (including phenoxy) is 1. The lowest BCUT2D eigenvalue weighted by molar-refractivity contribution is -0.123. The topological polar surface area (TPSA) is 96.7 Å². The lowest BCUT2D eigenvalue weighted by Crippen LogP contribution is -2.53. The van der Waals surface area contributed by atoms with Crippen LogP contribution in [0.5, 0.6) is 0 Å². The maximum atomic E-state index is 11.9. The molecule has 120 valence electrons. The Balaban J connectivity index is 1.69. The number of carbonyl (C=O) groups excluding carboxylic acids is 2. The summed E-state index contributed by atoms with van der Waals surface area (Å²) >= 11 is 0. The number of carbonyl (C=O) groups is 2. The third-order valence-corrected chi connectivity index (χ3v) is 4.07. The summed E-state index contributed by atoms with van der Waals surface area (Å²) in [6, 6.07) is -0.242. The quantitative estimate of drug-likeness (QED) is 0.668. The third-order valence-electron chi connectivity index (χ3n) is 4.07. The lowest BCUT2D eigenvalue weighted by Gasteiger charge is -2.34. The van der Waals surface area contributed by atoms with E-state index < -0.39 is 0 Å². The van der Waals surface area contributed by atoms with Crippen LogP contribution in [-0.2, 0) is 9.53 Å². The first kappa shape index (κ1) is 16.2. The molecule has 2 atom stereocenters. The molecule has 0 aromatic heterocycles. The number of hydrogen-bond acceptors (Lipinski definition) is 5. The van der Waals surface area contributed by atoms with Crippen molar-refractivity contribution in [3.05, 3.63) is 0 Å². The van der Waals surface area contributed by atoms with Gasteiger partial charge in [0.1, 0.15) is 0 Å². The Morgan fingerprint density at radius 1 is 1.38 bits per heavy atom. The summed E-state index contributed by atoms with van der Waals surface area (Å²) in [5.74, 6) is -0.282. The second kappa shape index (κ2) is 7.72. The zero-order chi connectivity index (χ0) is 15.2. The Bertz CT molecular complexity index is 369. The van der Waals surface area contributed by atoms with E-state index in [2.05, 4.69) is 10.6 Å². The maximum absolute atomic E-state index is 11.9. The molecule has 2 rings (SSSR count). The summed E-state index contributed by atoms with van der Waals surface area (Å²) in [5.41, 5.74) is 5.82. The molecular formula is C14H26N4O3. The standard InChI is InChI=1S/C14H26N4O3/c1-10(15)12-8-18(6-7-21-12)9-13(19)17-14(20)16-11-4-2-3-5-11/h10-12H,2-9,15H2,1H3,(H2,16,17,19,20). The van der Waals surface area contributed by atoms with E-state index in [1.54, 1.807) is 0 Å². The molecule has 4 N–H and O–H groups in total. The first-order valence-electron chi connectivity index (χ1n) is 7.74. The predicted molar refractivity (Wildman–Crippen MR) is 78.8 cm³/mol. The van der Waals surface area contributed by atoms with Crippen molar-refractivity contribution in [2.45, 2.75) is 50.8 Å². The van der Waals surface area contributed by atoms with Crippen LogP contribution in [0.25, 0.3) is 0 Å². The summed E-state index contributed by atoms with van der Waals surface area (Å²) in [5, 5.41) is 5.24. The number of hydrogen-bond donors (Lipinski definition) is 3. The van der Waals surface area contributed by atoms with Crippen LogP contribution in [0.15, 0.2) is 0 Å². The second-order valence-electron chi connectivity index (χ2n) is 6.01. The van der Waals surface area contributed by atoms with Gasteiger partial charge in [0.2, 0.25) is 5.91 Å². The van der Waals surface area contributed by atoms with Crippen LogP contribution in [0.3, 0.4) is 0 Å². The molecular weight excluding hydrogens is 272 g/mol. The van der Waals surface area contributed by atoms with Crippen molar-refractivity contribution in [3.63, 3.8) is 0 Å². The molecule has 2 unspecified atom stereocenters. The predicted octanol–water partition coefficient (Wildman–Crippen LogP) is -0.197. The minimum atomic E-state index is -0.385. The fraction of sp³-hybridized carbons (Fsp3) is 0.857. The molecule has 0 bridgehead atoms. The minimum absolute atomic E-state index is 0.0566. The fourth-order valence-corrected chi connectivity index (χ4v) is 2.85. The van der Waals surface area contributed by atoms with Gasteiger partial charge >= 0.3 is 6.03 Å². The van der Waals surface area contributed by atoms with E-state index in [-0.39, 0.29) is 36.7 Å². The summed E-state index contributed by atoms with van der Waals surface area (Å²) < 4.78 is 5.54. The average molecular weight is 298 g/mol. The summed E-state index contributed by atoms with van der Waals surface area (Å²) in [6.07, 6.45) is 4.23. The molecule has 0 aromatic carbocycles. The van der Waals surface area contributed by atoms with Gasteiger partial charge in [0.05, 0.1) is 19.3 Å². The Hall–Kier alpha value is -1.18. The van der Waals surface area contributed by atoms with Crippen molar-refractivity contribution < 1.29 is 14.3 Å². The molecule has 7 nitrogen and oxygen atoms in total. The van der Waals surface area contributed by atoms with Crippen LogP contribution in [0, 0.1) is 0 Å². The highest BCUT2D eigenvalue weighted by atomic mass is 16.5. The van der Waals surface area contributed by atoms with E-state index in [9.17, 15) is 9.59 Å². The van der Waals surface area contributed by atoms with Crippen LogP contribution in [0.2, 0.25) is 0 Å². The minimum Gasteiger partial charge on any atom is -0.374 e. The van der Waals surface area contributed by atoms with Crippen LogP contribution in [0.4, 0.5) is 4.79 Å². The maximum Gasteiger partial charge on any atom is 0.321 e. The van der Waals surface area contributed by atoms with Gasteiger partial charge < -0.3 is 15.8 Å². The fourth-order valence-electron chi connectivity index (χ4n) is 2.85. The number of morpholine rings is 1. The lowest BCUT2D eigenvalue weighted by atomic mass is 10.1. The number of amides is 3. The second-order valence-corrected chi connectivity index (χ2v) is 6.01. The smallest absolute Gasteiger partial charge is 0.321 e. The molecule has 0 spiro atoms. The van der Waals surface area contributed by atoms with Gasteiger partial charge in [-0.15, -0.1) is 0 Å². The molecule has 0 radical (unpaired) electrons. The van der Waals surface area contributed by atoms with Crippen LogP contribution < -0.4 is 16.4 Å². The molecule has 7 heteroatoms. The van der Waals surface area contributed by atoms with Crippen molar-refractivity contribution >= 4 is 11.9 Å². The highest BCUT2D eigenvalue weighted by Gasteiger charge is 2.25. The Morgan fingerprint density at radius 3 is 2.76 bits per heavy atom. The third kappa shape index (κ3) is 5.26. The van der Waals surface area contributed by atoms with Crippen LogP contribution in [0.1, 0.15) is 32.6 Å². The monoisotopic (exact) mass is 298 g/mol. The molecule has 1 heterocycles. The Kier molecular flexibility index (Phi) is 5.96. The summed E-state index contributed by atoms with van der Waals surface area (Å²) in [6.45, 7) is 3.96. The summed E-state index contributed by atoms with van der Waals surface area (Å²) in [4.78, 5) is 25.6.